The first-order chi connectivity index (χ1) is 12.2. The van der Waals surface area contributed by atoms with Crippen molar-refractivity contribution >= 4 is 11.8 Å². The summed E-state index contributed by atoms with van der Waals surface area (Å²) in [6, 6.07) is 1.95. The summed E-state index contributed by atoms with van der Waals surface area (Å²) in [6.45, 7) is 4.18. The molecule has 0 aliphatic carbocycles. The van der Waals surface area contributed by atoms with Gasteiger partial charge in [0.15, 0.2) is 0 Å². The quantitative estimate of drug-likeness (QED) is 0.202. The minimum Gasteiger partial charge on any atom is -0.310 e. The van der Waals surface area contributed by atoms with Gasteiger partial charge in [-0.25, -0.2) is 4.79 Å². The van der Waals surface area contributed by atoms with E-state index in [1.807, 2.05) is 13.0 Å². The molecule has 144 valence electrons. The number of rotatable bonds is 16. The lowest BCUT2D eigenvalue weighted by atomic mass is 10.0. The van der Waals surface area contributed by atoms with E-state index in [1.54, 1.807) is 11.8 Å². The predicted octanol–water partition coefficient (Wildman–Crippen LogP) is 6.65. The van der Waals surface area contributed by atoms with Gasteiger partial charge in [-0.1, -0.05) is 90.4 Å². The number of nitrogens with zero attached hydrogens (tertiary/aromatic N) is 1. The summed E-state index contributed by atoms with van der Waals surface area (Å²) in [5.74, 6) is 1.06. The summed E-state index contributed by atoms with van der Waals surface area (Å²) in [7, 11) is 0. The molecule has 1 N–H and O–H groups in total. The second-order valence-electron chi connectivity index (χ2n) is 7.15. The summed E-state index contributed by atoms with van der Waals surface area (Å²) in [6.07, 6.45) is 19.4. The minimum atomic E-state index is -0.233. The van der Waals surface area contributed by atoms with Crippen molar-refractivity contribution in [1.82, 2.24) is 9.97 Å². The van der Waals surface area contributed by atoms with Crippen molar-refractivity contribution in [2.24, 2.45) is 0 Å². The molecule has 0 saturated carbocycles. The highest BCUT2D eigenvalue weighted by atomic mass is 32.2. The summed E-state index contributed by atoms with van der Waals surface area (Å²) in [4.78, 5) is 18.0. The highest BCUT2D eigenvalue weighted by Crippen LogP contribution is 2.17. The average molecular weight is 367 g/mol. The molecule has 0 unspecified atom stereocenters. The van der Waals surface area contributed by atoms with Crippen LogP contribution in [-0.2, 0) is 0 Å². The zero-order chi connectivity index (χ0) is 18.2. The van der Waals surface area contributed by atoms with E-state index in [2.05, 4.69) is 16.9 Å². The maximum Gasteiger partial charge on any atom is 0.346 e. The summed E-state index contributed by atoms with van der Waals surface area (Å²) >= 11 is 1.70. The molecule has 0 atom stereocenters. The second kappa shape index (κ2) is 15.5. The van der Waals surface area contributed by atoms with Crippen molar-refractivity contribution in [3.05, 3.63) is 22.2 Å². The number of H-pyrrole nitrogens is 1. The van der Waals surface area contributed by atoms with Gasteiger partial charge in [-0.2, -0.15) is 4.98 Å². The van der Waals surface area contributed by atoms with Crippen LogP contribution in [0, 0.1) is 6.92 Å². The van der Waals surface area contributed by atoms with E-state index in [1.165, 1.54) is 89.9 Å². The fraction of sp³-hybridized carbons (Fsp3) is 0.810. The molecule has 1 aromatic heterocycles. The molecule has 0 spiro atoms. The average Bonchev–Trinajstić information content (AvgIpc) is 2.57. The Morgan fingerprint density at radius 1 is 0.840 bits per heavy atom. The molecule has 0 aliphatic rings. The van der Waals surface area contributed by atoms with Crippen LogP contribution in [0.5, 0.6) is 0 Å². The van der Waals surface area contributed by atoms with Gasteiger partial charge in [0.05, 0.1) is 0 Å². The summed E-state index contributed by atoms with van der Waals surface area (Å²) in [5.41, 5.74) is 0.659. The Morgan fingerprint density at radius 3 is 1.80 bits per heavy atom. The number of hydrogen-bond donors (Lipinski definition) is 1. The van der Waals surface area contributed by atoms with Crippen molar-refractivity contribution in [3.63, 3.8) is 0 Å². The maximum atomic E-state index is 11.3. The van der Waals surface area contributed by atoms with Crippen LogP contribution in [0.1, 0.15) is 103 Å². The van der Waals surface area contributed by atoms with E-state index in [4.69, 9.17) is 0 Å². The highest BCUT2D eigenvalue weighted by molar-refractivity contribution is 7.99. The zero-order valence-electron chi connectivity index (χ0n) is 16.4. The van der Waals surface area contributed by atoms with Gasteiger partial charge in [0.25, 0.3) is 0 Å². The Morgan fingerprint density at radius 2 is 1.32 bits per heavy atom. The van der Waals surface area contributed by atoms with Crippen molar-refractivity contribution < 1.29 is 0 Å². The lowest BCUT2D eigenvalue weighted by Gasteiger charge is -2.04. The molecule has 0 saturated heterocycles. The minimum absolute atomic E-state index is 0.233. The molecule has 1 aromatic rings. The monoisotopic (exact) mass is 366 g/mol. The Kier molecular flexibility index (Phi) is 13.8. The van der Waals surface area contributed by atoms with Crippen LogP contribution in [-0.4, -0.2) is 15.7 Å². The van der Waals surface area contributed by atoms with Gasteiger partial charge < -0.3 is 4.98 Å². The first-order valence-corrected chi connectivity index (χ1v) is 11.4. The van der Waals surface area contributed by atoms with Crippen LogP contribution in [0.3, 0.4) is 0 Å². The van der Waals surface area contributed by atoms with Crippen LogP contribution in [0.25, 0.3) is 0 Å². The van der Waals surface area contributed by atoms with E-state index in [0.29, 0.717) is 0 Å². The van der Waals surface area contributed by atoms with Crippen LogP contribution < -0.4 is 5.69 Å². The predicted molar refractivity (Wildman–Crippen MR) is 111 cm³/mol. The third kappa shape index (κ3) is 13.1. The number of nitrogens with one attached hydrogen (secondary N) is 1. The molecule has 0 bridgehead atoms. The molecule has 3 nitrogen and oxygen atoms in total. The van der Waals surface area contributed by atoms with E-state index in [0.717, 1.165) is 16.5 Å². The molecule has 25 heavy (non-hydrogen) atoms. The number of aryl methyl sites for hydroxylation is 1. The largest absolute Gasteiger partial charge is 0.346 e. The molecule has 1 rings (SSSR count). The van der Waals surface area contributed by atoms with Gasteiger partial charge in [0.2, 0.25) is 0 Å². The van der Waals surface area contributed by atoms with Gasteiger partial charge in [-0.3, -0.25) is 0 Å². The number of hydrogen-bond acceptors (Lipinski definition) is 3. The molecule has 0 aliphatic heterocycles. The third-order valence-corrected chi connectivity index (χ3v) is 5.60. The van der Waals surface area contributed by atoms with E-state index in [9.17, 15) is 4.79 Å². The Balaban J connectivity index is 1.82. The number of aromatic nitrogens is 2. The van der Waals surface area contributed by atoms with Gasteiger partial charge >= 0.3 is 5.69 Å². The molecule has 0 amide bonds. The smallest absolute Gasteiger partial charge is 0.310 e. The van der Waals surface area contributed by atoms with Crippen LogP contribution >= 0.6 is 11.8 Å². The molecule has 1 heterocycles. The van der Waals surface area contributed by atoms with Crippen molar-refractivity contribution in [1.29, 1.82) is 0 Å². The topological polar surface area (TPSA) is 45.8 Å². The van der Waals surface area contributed by atoms with Crippen LogP contribution in [0.2, 0.25) is 0 Å². The van der Waals surface area contributed by atoms with Crippen LogP contribution in [0.15, 0.2) is 15.9 Å². The number of aromatic amines is 1. The van der Waals surface area contributed by atoms with E-state index >= 15 is 0 Å². The normalized spacial score (nSPS) is 11.1. The molecule has 4 heteroatoms. The van der Waals surface area contributed by atoms with Crippen LogP contribution in [0.4, 0.5) is 0 Å². The Hall–Kier alpha value is -0.770. The second-order valence-corrected chi connectivity index (χ2v) is 8.27. The van der Waals surface area contributed by atoms with Gasteiger partial charge in [-0.15, -0.1) is 11.8 Å². The van der Waals surface area contributed by atoms with Crippen molar-refractivity contribution in [2.45, 2.75) is 109 Å². The maximum absolute atomic E-state index is 11.3. The SMILES string of the molecule is CCCCCCCCCCCCCCCCSc1cc(C)[nH]c(=O)n1. The van der Waals surface area contributed by atoms with Gasteiger partial charge in [0, 0.05) is 5.69 Å². The fourth-order valence-corrected chi connectivity index (χ4v) is 4.06. The summed E-state index contributed by atoms with van der Waals surface area (Å²) < 4.78 is 0. The standard InChI is InChI=1S/C21H38N2OS/c1-3-4-5-6-7-8-9-10-11-12-13-14-15-16-17-25-20-18-19(2)22-21(24)23-20/h18H,3-17H2,1-2H3,(H,22,23,24). The molecular formula is C21H38N2OS. The molecule has 0 radical (unpaired) electrons. The fourth-order valence-electron chi connectivity index (χ4n) is 3.10. The number of unbranched alkanes of at least 4 members (excludes halogenated alkanes) is 13. The lowest BCUT2D eigenvalue weighted by molar-refractivity contribution is 0.538. The van der Waals surface area contributed by atoms with Gasteiger partial charge in [-0.05, 0) is 25.2 Å². The van der Waals surface area contributed by atoms with Gasteiger partial charge in [0.1, 0.15) is 5.03 Å². The third-order valence-electron chi connectivity index (χ3n) is 4.60. The molecule has 0 aromatic carbocycles. The lowest BCUT2D eigenvalue weighted by Crippen LogP contribution is -2.11. The summed E-state index contributed by atoms with van der Waals surface area (Å²) in [5, 5.41) is 0.857. The molecular weight excluding hydrogens is 328 g/mol. The zero-order valence-corrected chi connectivity index (χ0v) is 17.3. The van der Waals surface area contributed by atoms with Crippen molar-refractivity contribution in [3.8, 4) is 0 Å². The Bertz CT molecular complexity index is 487. The first kappa shape index (κ1) is 22.3. The van der Waals surface area contributed by atoms with Crippen molar-refractivity contribution in [2.75, 3.05) is 5.75 Å². The first-order valence-electron chi connectivity index (χ1n) is 10.4. The van der Waals surface area contributed by atoms with E-state index < -0.39 is 0 Å². The Labute approximate surface area is 158 Å². The van der Waals surface area contributed by atoms with E-state index in [-0.39, 0.29) is 5.69 Å². The number of thioether (sulfide) groups is 1. The highest BCUT2D eigenvalue weighted by Gasteiger charge is 1.99. The molecule has 0 fully saturated rings.